The quantitative estimate of drug-likeness (QED) is 0.509. The lowest BCUT2D eigenvalue weighted by Gasteiger charge is -2.16. The normalized spacial score (nSPS) is 11.7. The van der Waals surface area contributed by atoms with Crippen molar-refractivity contribution in [2.75, 3.05) is 13.6 Å². The van der Waals surface area contributed by atoms with Crippen LogP contribution in [0.25, 0.3) is 0 Å². The maximum Gasteiger partial charge on any atom is 0.264 e. The van der Waals surface area contributed by atoms with Crippen LogP contribution in [0.5, 0.6) is 5.75 Å². The van der Waals surface area contributed by atoms with Crippen molar-refractivity contribution >= 4 is 21.6 Å². The van der Waals surface area contributed by atoms with E-state index < -0.39 is 10.0 Å². The molecule has 1 aromatic heterocycles. The van der Waals surface area contributed by atoms with Gasteiger partial charge in [0.25, 0.3) is 5.89 Å². The first kappa shape index (κ1) is 21.3. The van der Waals surface area contributed by atoms with Gasteiger partial charge in [0.1, 0.15) is 5.75 Å². The van der Waals surface area contributed by atoms with Crippen molar-refractivity contribution in [2.45, 2.75) is 31.3 Å². The van der Waals surface area contributed by atoms with Crippen molar-refractivity contribution in [1.82, 2.24) is 14.4 Å². The SMILES string of the molecule is CCc1ccc(S(=O)(=O)N(C)CCc2noc(COc3ccc(Cl)cc3)n2)cc1. The van der Waals surface area contributed by atoms with Gasteiger partial charge in [0.05, 0.1) is 4.90 Å². The summed E-state index contributed by atoms with van der Waals surface area (Å²) in [6.45, 7) is 2.37. The van der Waals surface area contributed by atoms with Gasteiger partial charge in [-0.25, -0.2) is 12.7 Å². The maximum atomic E-state index is 12.7. The number of rotatable bonds is 9. The highest BCUT2D eigenvalue weighted by molar-refractivity contribution is 7.89. The van der Waals surface area contributed by atoms with Crippen molar-refractivity contribution in [3.8, 4) is 5.75 Å². The third-order valence-electron chi connectivity index (χ3n) is 4.38. The van der Waals surface area contributed by atoms with Gasteiger partial charge in [-0.1, -0.05) is 35.8 Å². The van der Waals surface area contributed by atoms with Crippen LogP contribution in [0.15, 0.2) is 57.9 Å². The number of likely N-dealkylation sites (N-methyl/N-ethyl adjacent to an activating group) is 1. The summed E-state index contributed by atoms with van der Waals surface area (Å²) in [5, 5.41) is 4.51. The molecule has 9 heteroatoms. The molecular weight excluding hydrogens is 414 g/mol. The van der Waals surface area contributed by atoms with Gasteiger partial charge in [0.15, 0.2) is 12.4 Å². The van der Waals surface area contributed by atoms with E-state index in [1.807, 2.05) is 19.1 Å². The monoisotopic (exact) mass is 435 g/mol. The summed E-state index contributed by atoms with van der Waals surface area (Å²) >= 11 is 5.83. The van der Waals surface area contributed by atoms with E-state index in [9.17, 15) is 8.42 Å². The summed E-state index contributed by atoms with van der Waals surface area (Å²) in [5.74, 6) is 1.37. The van der Waals surface area contributed by atoms with E-state index in [2.05, 4.69) is 10.1 Å². The molecule has 0 saturated heterocycles. The molecule has 0 fully saturated rings. The van der Waals surface area contributed by atoms with Crippen LogP contribution >= 0.6 is 11.6 Å². The summed E-state index contributed by atoms with van der Waals surface area (Å²) in [4.78, 5) is 4.51. The fourth-order valence-electron chi connectivity index (χ4n) is 2.58. The van der Waals surface area contributed by atoms with Crippen molar-refractivity contribution in [3.05, 3.63) is 70.8 Å². The number of halogens is 1. The predicted molar refractivity (Wildman–Crippen MR) is 109 cm³/mol. The van der Waals surface area contributed by atoms with E-state index in [-0.39, 0.29) is 18.0 Å². The standard InChI is InChI=1S/C20H22ClN3O4S/c1-3-15-4-10-18(11-5-15)29(25,26)24(2)13-12-19-22-20(28-23-19)14-27-17-8-6-16(21)7-9-17/h4-11H,3,12-14H2,1-2H3. The highest BCUT2D eigenvalue weighted by Gasteiger charge is 2.21. The van der Waals surface area contributed by atoms with Gasteiger partial charge in [-0.15, -0.1) is 0 Å². The first-order valence-corrected chi connectivity index (χ1v) is 11.0. The van der Waals surface area contributed by atoms with Gasteiger partial charge in [-0.2, -0.15) is 4.98 Å². The Kier molecular flexibility index (Phi) is 6.89. The fourth-order valence-corrected chi connectivity index (χ4v) is 3.88. The average molecular weight is 436 g/mol. The molecule has 0 aliphatic carbocycles. The first-order valence-electron chi connectivity index (χ1n) is 9.13. The summed E-state index contributed by atoms with van der Waals surface area (Å²) in [7, 11) is -2.03. The molecule has 0 aliphatic heterocycles. The third kappa shape index (κ3) is 5.56. The molecule has 0 N–H and O–H groups in total. The van der Waals surface area contributed by atoms with E-state index in [0.29, 0.717) is 28.9 Å². The van der Waals surface area contributed by atoms with Gasteiger partial charge in [0, 0.05) is 25.0 Å². The molecule has 0 spiro atoms. The second-order valence-electron chi connectivity index (χ2n) is 6.42. The minimum Gasteiger partial charge on any atom is -0.484 e. The smallest absolute Gasteiger partial charge is 0.264 e. The van der Waals surface area contributed by atoms with Crippen molar-refractivity contribution < 1.29 is 17.7 Å². The van der Waals surface area contributed by atoms with E-state index in [4.69, 9.17) is 20.9 Å². The van der Waals surface area contributed by atoms with Crippen LogP contribution in [0, 0.1) is 0 Å². The van der Waals surface area contributed by atoms with Crippen molar-refractivity contribution in [1.29, 1.82) is 0 Å². The Morgan fingerprint density at radius 1 is 1.10 bits per heavy atom. The second-order valence-corrected chi connectivity index (χ2v) is 8.90. The molecule has 3 rings (SSSR count). The van der Waals surface area contributed by atoms with E-state index in [0.717, 1.165) is 12.0 Å². The lowest BCUT2D eigenvalue weighted by Crippen LogP contribution is -2.29. The summed E-state index contributed by atoms with van der Waals surface area (Å²) in [6, 6.07) is 13.8. The summed E-state index contributed by atoms with van der Waals surface area (Å²) < 4.78 is 37.3. The lowest BCUT2D eigenvalue weighted by atomic mass is 10.2. The minimum atomic E-state index is -3.57. The molecule has 7 nitrogen and oxygen atoms in total. The molecule has 3 aromatic rings. The fraction of sp³-hybridized carbons (Fsp3) is 0.300. The maximum absolute atomic E-state index is 12.7. The molecule has 0 radical (unpaired) electrons. The molecular formula is C20H22ClN3O4S. The van der Waals surface area contributed by atoms with Crippen LogP contribution in [0.4, 0.5) is 0 Å². The molecule has 0 amide bonds. The van der Waals surface area contributed by atoms with Crippen molar-refractivity contribution in [2.24, 2.45) is 0 Å². The van der Waals surface area contributed by atoms with Gasteiger partial charge in [-0.3, -0.25) is 0 Å². The Hall–Kier alpha value is -2.42. The largest absolute Gasteiger partial charge is 0.484 e. The number of sulfonamides is 1. The average Bonchev–Trinajstić information content (AvgIpc) is 3.19. The molecule has 0 aliphatic rings. The van der Waals surface area contributed by atoms with Gasteiger partial charge < -0.3 is 9.26 Å². The molecule has 154 valence electrons. The Morgan fingerprint density at radius 3 is 2.45 bits per heavy atom. The summed E-state index contributed by atoms with van der Waals surface area (Å²) in [5.41, 5.74) is 1.09. The second kappa shape index (κ2) is 9.39. The number of nitrogens with zero attached hydrogens (tertiary/aromatic N) is 3. The molecule has 0 bridgehead atoms. The van der Waals surface area contributed by atoms with Gasteiger partial charge >= 0.3 is 0 Å². The Balaban J connectivity index is 1.54. The third-order valence-corrected chi connectivity index (χ3v) is 6.50. The topological polar surface area (TPSA) is 85.5 Å². The van der Waals surface area contributed by atoms with Crippen LogP contribution < -0.4 is 4.74 Å². The van der Waals surface area contributed by atoms with Crippen LogP contribution in [-0.4, -0.2) is 36.5 Å². The van der Waals surface area contributed by atoms with E-state index in [1.165, 1.54) is 11.4 Å². The number of hydrogen-bond donors (Lipinski definition) is 0. The van der Waals surface area contributed by atoms with Crippen LogP contribution in [0.3, 0.4) is 0 Å². The number of benzene rings is 2. The molecule has 29 heavy (non-hydrogen) atoms. The predicted octanol–water partition coefficient (Wildman–Crippen LogP) is 3.73. The Morgan fingerprint density at radius 2 is 1.79 bits per heavy atom. The zero-order valence-corrected chi connectivity index (χ0v) is 17.8. The minimum absolute atomic E-state index is 0.118. The van der Waals surface area contributed by atoms with Crippen LogP contribution in [0.2, 0.25) is 5.02 Å². The van der Waals surface area contributed by atoms with Gasteiger partial charge in [0.2, 0.25) is 10.0 Å². The Bertz CT molecular complexity index is 1030. The zero-order valence-electron chi connectivity index (χ0n) is 16.2. The van der Waals surface area contributed by atoms with E-state index in [1.54, 1.807) is 36.4 Å². The first-order chi connectivity index (χ1) is 13.9. The zero-order chi connectivity index (χ0) is 20.9. The highest BCUT2D eigenvalue weighted by atomic mass is 35.5. The Labute approximate surface area is 175 Å². The molecule has 2 aromatic carbocycles. The lowest BCUT2D eigenvalue weighted by molar-refractivity contribution is 0.242. The van der Waals surface area contributed by atoms with Crippen LogP contribution in [-0.2, 0) is 29.5 Å². The molecule has 0 atom stereocenters. The van der Waals surface area contributed by atoms with Gasteiger partial charge in [-0.05, 0) is 48.4 Å². The number of hydrogen-bond acceptors (Lipinski definition) is 6. The van der Waals surface area contributed by atoms with Crippen molar-refractivity contribution in [3.63, 3.8) is 0 Å². The highest BCUT2D eigenvalue weighted by Crippen LogP contribution is 2.17. The van der Waals surface area contributed by atoms with Crippen LogP contribution in [0.1, 0.15) is 24.2 Å². The number of aromatic nitrogens is 2. The molecule has 0 unspecified atom stereocenters. The molecule has 0 saturated carbocycles. The molecule has 1 heterocycles. The number of aryl methyl sites for hydroxylation is 1. The summed E-state index contributed by atoms with van der Waals surface area (Å²) in [6.07, 6.45) is 1.19. The number of ether oxygens (including phenoxy) is 1. The van der Waals surface area contributed by atoms with E-state index >= 15 is 0 Å².